The Labute approximate surface area is 140 Å². The van der Waals surface area contributed by atoms with Crippen molar-refractivity contribution >= 4 is 33.7 Å². The molecule has 6 nitrogen and oxygen atoms in total. The van der Waals surface area contributed by atoms with Crippen LogP contribution in [0.25, 0.3) is 22.1 Å². The Bertz CT molecular complexity index is 863. The summed E-state index contributed by atoms with van der Waals surface area (Å²) in [5.41, 5.74) is 3.60. The molecular formula is C16H21ClN6. The van der Waals surface area contributed by atoms with Crippen LogP contribution >= 0.6 is 11.6 Å². The van der Waals surface area contributed by atoms with Gasteiger partial charge in [-0.3, -0.25) is 0 Å². The maximum absolute atomic E-state index is 5.75. The number of hydrogen-bond donors (Lipinski definition) is 0. The van der Waals surface area contributed by atoms with E-state index in [2.05, 4.69) is 20.4 Å². The number of aromatic nitrogens is 6. The first-order chi connectivity index (χ1) is 10.1. The molecule has 122 valence electrons. The summed E-state index contributed by atoms with van der Waals surface area (Å²) in [5, 5.41) is 17.1. The zero-order chi connectivity index (χ0) is 14.8. The van der Waals surface area contributed by atoms with Crippen molar-refractivity contribution in [1.82, 2.24) is 30.0 Å². The van der Waals surface area contributed by atoms with E-state index in [1.54, 1.807) is 24.0 Å². The first kappa shape index (κ1) is 18.6. The van der Waals surface area contributed by atoms with Crippen LogP contribution in [0.3, 0.4) is 0 Å². The molecule has 0 aliphatic rings. The normalized spacial score (nSPS) is 9.70. The predicted molar refractivity (Wildman–Crippen MR) is 95.5 cm³/mol. The minimum absolute atomic E-state index is 0. The molecule has 4 aromatic rings. The maximum Gasteiger partial charge on any atom is 0.114 e. The predicted octanol–water partition coefficient (Wildman–Crippen LogP) is 3.86. The van der Waals surface area contributed by atoms with Crippen molar-refractivity contribution in [3.8, 4) is 0 Å². The van der Waals surface area contributed by atoms with Gasteiger partial charge in [0.25, 0.3) is 0 Å². The molecular weight excluding hydrogens is 312 g/mol. The van der Waals surface area contributed by atoms with Crippen molar-refractivity contribution in [2.75, 3.05) is 0 Å². The lowest BCUT2D eigenvalue weighted by Gasteiger charge is -1.84. The molecule has 0 unspecified atom stereocenters. The van der Waals surface area contributed by atoms with E-state index in [1.807, 2.05) is 37.4 Å². The quantitative estimate of drug-likeness (QED) is 0.490. The second-order valence-electron chi connectivity index (χ2n) is 4.50. The van der Waals surface area contributed by atoms with Crippen LogP contribution in [0, 0.1) is 0 Å². The fraction of sp³-hybridized carbons (Fsp3) is 0.250. The van der Waals surface area contributed by atoms with Crippen LogP contribution in [-0.2, 0) is 14.1 Å². The molecule has 23 heavy (non-hydrogen) atoms. The largest absolute Gasteiger partial charge is 0.187 e. The molecule has 0 spiro atoms. The lowest BCUT2D eigenvalue weighted by Crippen LogP contribution is -1.90. The van der Waals surface area contributed by atoms with Crippen molar-refractivity contribution < 1.29 is 0 Å². The lowest BCUT2D eigenvalue weighted by molar-refractivity contribution is 0.665. The van der Waals surface area contributed by atoms with Gasteiger partial charge in [-0.1, -0.05) is 38.6 Å². The van der Waals surface area contributed by atoms with E-state index < -0.39 is 0 Å². The van der Waals surface area contributed by atoms with Gasteiger partial charge in [0.2, 0.25) is 0 Å². The van der Waals surface area contributed by atoms with Crippen molar-refractivity contribution in [2.45, 2.75) is 14.9 Å². The van der Waals surface area contributed by atoms with Crippen molar-refractivity contribution in [1.29, 1.82) is 0 Å². The second-order valence-corrected chi connectivity index (χ2v) is 4.94. The molecule has 2 heterocycles. The zero-order valence-electron chi connectivity index (χ0n) is 11.6. The average Bonchev–Trinajstić information content (AvgIpc) is 2.99. The molecule has 0 saturated heterocycles. The average molecular weight is 333 g/mol. The molecule has 0 atom stereocenters. The van der Waals surface area contributed by atoms with Crippen molar-refractivity contribution in [3.63, 3.8) is 0 Å². The van der Waals surface area contributed by atoms with E-state index in [9.17, 15) is 0 Å². The summed E-state index contributed by atoms with van der Waals surface area (Å²) in [6, 6.07) is 13.3. The van der Waals surface area contributed by atoms with Crippen LogP contribution in [0.1, 0.15) is 14.9 Å². The SMILES string of the molecule is C.C.Cn1nc2ccc(Cl)cc2n1.Cn1nc2ccccc2n1. The van der Waals surface area contributed by atoms with E-state index in [1.165, 1.54) is 4.80 Å². The molecule has 0 N–H and O–H groups in total. The Kier molecular flexibility index (Phi) is 6.21. The van der Waals surface area contributed by atoms with Crippen LogP contribution in [0.15, 0.2) is 42.5 Å². The van der Waals surface area contributed by atoms with Crippen LogP contribution in [0.5, 0.6) is 0 Å². The highest BCUT2D eigenvalue weighted by Crippen LogP contribution is 2.14. The van der Waals surface area contributed by atoms with Gasteiger partial charge in [-0.15, -0.1) is 0 Å². The molecule has 0 amide bonds. The number of nitrogens with zero attached hydrogens (tertiary/aromatic N) is 6. The van der Waals surface area contributed by atoms with Crippen LogP contribution < -0.4 is 0 Å². The first-order valence-electron chi connectivity index (χ1n) is 6.34. The van der Waals surface area contributed by atoms with Crippen LogP contribution in [-0.4, -0.2) is 30.0 Å². The van der Waals surface area contributed by atoms with Gasteiger partial charge in [-0.25, -0.2) is 0 Å². The van der Waals surface area contributed by atoms with E-state index in [4.69, 9.17) is 11.6 Å². The highest BCUT2D eigenvalue weighted by atomic mass is 35.5. The van der Waals surface area contributed by atoms with Gasteiger partial charge in [0.05, 0.1) is 0 Å². The minimum atomic E-state index is 0. The van der Waals surface area contributed by atoms with Gasteiger partial charge in [0.1, 0.15) is 22.1 Å². The molecule has 2 aromatic heterocycles. The molecule has 0 radical (unpaired) electrons. The summed E-state index contributed by atoms with van der Waals surface area (Å²) < 4.78 is 0. The zero-order valence-corrected chi connectivity index (χ0v) is 12.4. The number of hydrogen-bond acceptors (Lipinski definition) is 4. The van der Waals surface area contributed by atoms with E-state index in [0.29, 0.717) is 5.02 Å². The Morgan fingerprint density at radius 3 is 1.65 bits per heavy atom. The highest BCUT2D eigenvalue weighted by Gasteiger charge is 1.98. The van der Waals surface area contributed by atoms with E-state index >= 15 is 0 Å². The molecule has 0 bridgehead atoms. The third-order valence-electron chi connectivity index (χ3n) is 2.83. The fourth-order valence-corrected chi connectivity index (χ4v) is 2.13. The second kappa shape index (κ2) is 7.69. The van der Waals surface area contributed by atoms with Gasteiger partial charge in [0, 0.05) is 19.1 Å². The van der Waals surface area contributed by atoms with Gasteiger partial charge >= 0.3 is 0 Å². The number of fused-ring (bicyclic) bond motifs is 2. The molecule has 4 rings (SSSR count). The Morgan fingerprint density at radius 2 is 1.13 bits per heavy atom. The summed E-state index contributed by atoms with van der Waals surface area (Å²) in [7, 11) is 3.61. The topological polar surface area (TPSA) is 61.4 Å². The van der Waals surface area contributed by atoms with E-state index in [-0.39, 0.29) is 14.9 Å². The lowest BCUT2D eigenvalue weighted by atomic mass is 10.3. The molecule has 0 aliphatic carbocycles. The summed E-state index contributed by atoms with van der Waals surface area (Å²) >= 11 is 5.75. The van der Waals surface area contributed by atoms with Crippen LogP contribution in [0.2, 0.25) is 5.02 Å². The summed E-state index contributed by atoms with van der Waals surface area (Å²) in [6.45, 7) is 0. The molecule has 0 saturated carbocycles. The fourth-order valence-electron chi connectivity index (χ4n) is 1.96. The van der Waals surface area contributed by atoms with E-state index in [0.717, 1.165) is 22.1 Å². The van der Waals surface area contributed by atoms with Crippen molar-refractivity contribution in [2.24, 2.45) is 14.1 Å². The third-order valence-corrected chi connectivity index (χ3v) is 3.06. The monoisotopic (exact) mass is 332 g/mol. The Hall–Kier alpha value is -2.47. The standard InChI is InChI=1S/C7H6ClN3.C7H7N3.2CH4/c1-11-9-6-3-2-5(8)4-7(6)10-11;1-10-8-6-4-2-3-5-7(6)9-10;;/h2-4H,1H3;2-5H,1H3;2*1H4. The Morgan fingerprint density at radius 1 is 0.696 bits per heavy atom. The number of benzene rings is 2. The summed E-state index contributed by atoms with van der Waals surface area (Å²) in [4.78, 5) is 3.10. The Balaban J connectivity index is 0.000000212. The third kappa shape index (κ3) is 4.26. The molecule has 0 aliphatic heterocycles. The highest BCUT2D eigenvalue weighted by molar-refractivity contribution is 6.31. The number of halogens is 1. The smallest absolute Gasteiger partial charge is 0.114 e. The minimum Gasteiger partial charge on any atom is -0.187 e. The molecule has 2 aromatic carbocycles. The maximum atomic E-state index is 5.75. The summed E-state index contributed by atoms with van der Waals surface area (Å²) in [6.07, 6.45) is 0. The molecule has 0 fully saturated rings. The first-order valence-corrected chi connectivity index (χ1v) is 6.72. The summed E-state index contributed by atoms with van der Waals surface area (Å²) in [5.74, 6) is 0. The molecule has 7 heteroatoms. The van der Waals surface area contributed by atoms with Gasteiger partial charge in [-0.05, 0) is 30.3 Å². The van der Waals surface area contributed by atoms with Gasteiger partial charge < -0.3 is 0 Å². The number of rotatable bonds is 0. The number of aryl methyl sites for hydroxylation is 2. The van der Waals surface area contributed by atoms with Gasteiger partial charge in [-0.2, -0.15) is 30.0 Å². The van der Waals surface area contributed by atoms with Crippen LogP contribution in [0.4, 0.5) is 0 Å². The van der Waals surface area contributed by atoms with Gasteiger partial charge in [0.15, 0.2) is 0 Å². The van der Waals surface area contributed by atoms with Crippen molar-refractivity contribution in [3.05, 3.63) is 47.5 Å².